The van der Waals surface area contributed by atoms with Crippen LogP contribution in [0.15, 0.2) is 24.3 Å². The molecule has 2 N–H and O–H groups in total. The van der Waals surface area contributed by atoms with Crippen LogP contribution in [-0.4, -0.2) is 48.9 Å². The third-order valence-corrected chi connectivity index (χ3v) is 5.11. The van der Waals surface area contributed by atoms with Gasteiger partial charge in [0.1, 0.15) is 6.04 Å². The number of aryl methyl sites for hydroxylation is 1. The Labute approximate surface area is 151 Å². The van der Waals surface area contributed by atoms with Crippen molar-refractivity contribution in [2.75, 3.05) is 26.2 Å². The van der Waals surface area contributed by atoms with Crippen LogP contribution in [0.3, 0.4) is 0 Å². The van der Waals surface area contributed by atoms with Crippen molar-refractivity contribution < 1.29 is 14.5 Å². The van der Waals surface area contributed by atoms with Gasteiger partial charge in [0.15, 0.2) is 0 Å². The van der Waals surface area contributed by atoms with Crippen LogP contribution >= 0.6 is 0 Å². The first-order valence-electron chi connectivity index (χ1n) is 9.51. The molecule has 0 spiro atoms. The number of carbonyl (C=O) groups excluding carboxylic acids is 2. The van der Waals surface area contributed by atoms with E-state index in [4.69, 9.17) is 0 Å². The van der Waals surface area contributed by atoms with Gasteiger partial charge < -0.3 is 15.1 Å². The zero-order valence-corrected chi connectivity index (χ0v) is 15.8. The number of carbonyl (C=O) groups is 2. The van der Waals surface area contributed by atoms with Crippen LogP contribution < -0.4 is 10.2 Å². The summed E-state index contributed by atoms with van der Waals surface area (Å²) in [5.74, 6) is 0.0702. The van der Waals surface area contributed by atoms with Crippen molar-refractivity contribution in [3.05, 3.63) is 35.4 Å². The highest BCUT2D eigenvalue weighted by atomic mass is 16.2. The summed E-state index contributed by atoms with van der Waals surface area (Å²) in [7, 11) is 0. The Morgan fingerprint density at radius 1 is 1.24 bits per heavy atom. The number of hydrogen-bond acceptors (Lipinski definition) is 2. The first-order valence-corrected chi connectivity index (χ1v) is 9.51. The van der Waals surface area contributed by atoms with E-state index in [9.17, 15) is 9.59 Å². The van der Waals surface area contributed by atoms with E-state index in [1.807, 2.05) is 31.2 Å². The van der Waals surface area contributed by atoms with Crippen LogP contribution in [0, 0.1) is 6.92 Å². The van der Waals surface area contributed by atoms with Crippen molar-refractivity contribution in [2.24, 2.45) is 0 Å². The molecule has 5 heteroatoms. The zero-order valence-electron chi connectivity index (χ0n) is 15.8. The van der Waals surface area contributed by atoms with E-state index >= 15 is 0 Å². The average molecular weight is 346 g/mol. The van der Waals surface area contributed by atoms with E-state index in [-0.39, 0.29) is 17.9 Å². The maximum atomic E-state index is 12.5. The van der Waals surface area contributed by atoms with Gasteiger partial charge in [0.25, 0.3) is 0 Å². The molecule has 1 heterocycles. The molecule has 0 aromatic heterocycles. The molecule has 0 saturated carbocycles. The lowest BCUT2D eigenvalue weighted by Gasteiger charge is -2.24. The van der Waals surface area contributed by atoms with E-state index in [2.05, 4.69) is 19.2 Å². The molecule has 1 atom stereocenters. The Morgan fingerprint density at radius 3 is 2.56 bits per heavy atom. The summed E-state index contributed by atoms with van der Waals surface area (Å²) in [4.78, 5) is 28.0. The van der Waals surface area contributed by atoms with Gasteiger partial charge in [-0.2, -0.15) is 0 Å². The summed E-state index contributed by atoms with van der Waals surface area (Å²) in [6.07, 6.45) is 2.06. The topological polar surface area (TPSA) is 53.9 Å². The first kappa shape index (κ1) is 19.4. The minimum Gasteiger partial charge on any atom is -0.354 e. The Bertz CT molecular complexity index is 567. The van der Waals surface area contributed by atoms with Gasteiger partial charge in [0, 0.05) is 25.9 Å². The highest BCUT2D eigenvalue weighted by Gasteiger charge is 2.35. The lowest BCUT2D eigenvalue weighted by Crippen LogP contribution is -3.11. The molecule has 1 aliphatic rings. The Kier molecular flexibility index (Phi) is 7.44. The Hall–Kier alpha value is -1.88. The molecular formula is C20H32N3O2+. The number of amides is 2. The van der Waals surface area contributed by atoms with Crippen LogP contribution in [0.2, 0.25) is 0 Å². The van der Waals surface area contributed by atoms with Gasteiger partial charge in [-0.3, -0.25) is 9.59 Å². The Balaban J connectivity index is 1.85. The van der Waals surface area contributed by atoms with Gasteiger partial charge in [-0.25, -0.2) is 0 Å². The molecule has 1 aromatic rings. The number of quaternary nitrogens is 1. The van der Waals surface area contributed by atoms with Gasteiger partial charge in [-0.05, 0) is 32.8 Å². The summed E-state index contributed by atoms with van der Waals surface area (Å²) >= 11 is 0. The number of nitrogens with zero attached hydrogens (tertiary/aromatic N) is 1. The van der Waals surface area contributed by atoms with Crippen molar-refractivity contribution in [3.8, 4) is 0 Å². The Morgan fingerprint density at radius 2 is 1.92 bits per heavy atom. The number of benzene rings is 1. The van der Waals surface area contributed by atoms with Crippen LogP contribution in [0.25, 0.3) is 0 Å². The number of likely N-dealkylation sites (tertiary alicyclic amines) is 1. The summed E-state index contributed by atoms with van der Waals surface area (Å²) in [6.45, 7) is 10.9. The van der Waals surface area contributed by atoms with Gasteiger partial charge in [-0.1, -0.05) is 29.8 Å². The molecule has 0 bridgehead atoms. The van der Waals surface area contributed by atoms with Crippen molar-refractivity contribution in [1.82, 2.24) is 10.2 Å². The molecule has 1 unspecified atom stereocenters. The lowest BCUT2D eigenvalue weighted by molar-refractivity contribution is -0.896. The molecule has 0 aliphatic carbocycles. The lowest BCUT2D eigenvalue weighted by atomic mass is 10.1. The molecular weight excluding hydrogens is 314 g/mol. The highest BCUT2D eigenvalue weighted by Crippen LogP contribution is 2.21. The quantitative estimate of drug-likeness (QED) is 0.653. The molecule has 138 valence electrons. The van der Waals surface area contributed by atoms with Crippen molar-refractivity contribution in [2.45, 2.75) is 52.6 Å². The fourth-order valence-corrected chi connectivity index (χ4v) is 3.37. The summed E-state index contributed by atoms with van der Waals surface area (Å²) in [5.41, 5.74) is 2.27. The summed E-state index contributed by atoms with van der Waals surface area (Å²) < 4.78 is 0. The molecule has 1 aromatic carbocycles. The highest BCUT2D eigenvalue weighted by molar-refractivity contribution is 5.90. The van der Waals surface area contributed by atoms with E-state index in [0.29, 0.717) is 25.9 Å². The SMILES string of the molecule is CC[NH+](CC)CCCNC(=O)C1CCC(=O)N1Cc1ccc(C)cc1. The summed E-state index contributed by atoms with van der Waals surface area (Å²) in [6, 6.07) is 7.82. The molecule has 2 rings (SSSR count). The smallest absolute Gasteiger partial charge is 0.242 e. The normalized spacial score (nSPS) is 17.4. The fraction of sp³-hybridized carbons (Fsp3) is 0.600. The molecule has 0 radical (unpaired) electrons. The molecule has 1 fully saturated rings. The third kappa shape index (κ3) is 5.56. The van der Waals surface area contributed by atoms with Crippen molar-refractivity contribution in [3.63, 3.8) is 0 Å². The zero-order chi connectivity index (χ0) is 18.2. The minimum atomic E-state index is -0.324. The molecule has 2 amide bonds. The van der Waals surface area contributed by atoms with Gasteiger partial charge >= 0.3 is 0 Å². The van der Waals surface area contributed by atoms with Crippen molar-refractivity contribution in [1.29, 1.82) is 0 Å². The monoisotopic (exact) mass is 346 g/mol. The predicted octanol–water partition coefficient (Wildman–Crippen LogP) is 0.917. The standard InChI is InChI=1S/C20H31N3O2/c1-4-22(5-2)14-6-13-21-20(25)18-11-12-19(24)23(18)15-17-9-7-16(3)8-10-17/h7-10,18H,4-6,11-15H2,1-3H3,(H,21,25)/p+1. The second-order valence-corrected chi connectivity index (χ2v) is 6.91. The van der Waals surface area contributed by atoms with Gasteiger partial charge in [-0.15, -0.1) is 0 Å². The predicted molar refractivity (Wildman–Crippen MR) is 99.3 cm³/mol. The number of hydrogen-bond donors (Lipinski definition) is 2. The largest absolute Gasteiger partial charge is 0.354 e. The van der Waals surface area contributed by atoms with Crippen LogP contribution in [-0.2, 0) is 16.1 Å². The van der Waals surface area contributed by atoms with Crippen LogP contribution in [0.1, 0.15) is 44.2 Å². The summed E-state index contributed by atoms with van der Waals surface area (Å²) in [5, 5.41) is 3.03. The second-order valence-electron chi connectivity index (χ2n) is 6.91. The van der Waals surface area contributed by atoms with Crippen LogP contribution in [0.5, 0.6) is 0 Å². The second kappa shape index (κ2) is 9.56. The fourth-order valence-electron chi connectivity index (χ4n) is 3.37. The van der Waals surface area contributed by atoms with E-state index < -0.39 is 0 Å². The molecule has 5 nitrogen and oxygen atoms in total. The average Bonchev–Trinajstić information content (AvgIpc) is 2.97. The first-order chi connectivity index (χ1) is 12.0. The maximum absolute atomic E-state index is 12.5. The molecule has 25 heavy (non-hydrogen) atoms. The van der Waals surface area contributed by atoms with Gasteiger partial charge in [0.05, 0.1) is 19.6 Å². The third-order valence-electron chi connectivity index (χ3n) is 5.11. The van der Waals surface area contributed by atoms with Crippen LogP contribution in [0.4, 0.5) is 0 Å². The molecule has 1 aliphatic heterocycles. The van der Waals surface area contributed by atoms with Crippen molar-refractivity contribution >= 4 is 11.8 Å². The van der Waals surface area contributed by atoms with Gasteiger partial charge in [0.2, 0.25) is 11.8 Å². The molecule has 1 saturated heterocycles. The maximum Gasteiger partial charge on any atom is 0.242 e. The van der Waals surface area contributed by atoms with E-state index in [1.165, 1.54) is 5.56 Å². The minimum absolute atomic E-state index is 0.00694. The van der Waals surface area contributed by atoms with E-state index in [1.54, 1.807) is 9.80 Å². The number of nitrogens with one attached hydrogen (secondary N) is 2. The number of rotatable bonds is 9. The van der Waals surface area contributed by atoms with E-state index in [0.717, 1.165) is 31.6 Å².